The van der Waals surface area contributed by atoms with E-state index in [9.17, 15) is 4.79 Å². The Morgan fingerprint density at radius 2 is 2.12 bits per heavy atom. The lowest BCUT2D eigenvalue weighted by molar-refractivity contribution is -0.115. The highest BCUT2D eigenvalue weighted by Gasteiger charge is 2.23. The number of carbonyl (C=O) groups excluding carboxylic acids is 1. The second-order valence-corrected chi connectivity index (χ2v) is 5.01. The Kier molecular flexibility index (Phi) is 4.90. The molecule has 96 valence electrons. The highest BCUT2D eigenvalue weighted by molar-refractivity contribution is 5.58. The van der Waals surface area contributed by atoms with Gasteiger partial charge in [-0.1, -0.05) is 13.8 Å². The van der Waals surface area contributed by atoms with E-state index in [0.29, 0.717) is 0 Å². The highest BCUT2D eigenvalue weighted by Crippen LogP contribution is 2.18. The Bertz CT molecular complexity index is 357. The van der Waals surface area contributed by atoms with E-state index in [1.54, 1.807) is 0 Å². The molecule has 0 radical (unpaired) electrons. The van der Waals surface area contributed by atoms with E-state index in [1.165, 1.54) is 12.7 Å². The number of nitrogens with two attached hydrogens (primary N) is 1. The van der Waals surface area contributed by atoms with Crippen molar-refractivity contribution in [2.24, 2.45) is 11.1 Å². The number of carbonyl (C=O) groups is 1. The smallest absolute Gasteiger partial charge is 0.126 e. The third-order valence-electron chi connectivity index (χ3n) is 2.92. The van der Waals surface area contributed by atoms with Crippen molar-refractivity contribution in [3.63, 3.8) is 0 Å². The van der Waals surface area contributed by atoms with Gasteiger partial charge >= 0.3 is 0 Å². The second-order valence-electron chi connectivity index (χ2n) is 5.01. The maximum absolute atomic E-state index is 10.9. The minimum atomic E-state index is -0.227. The van der Waals surface area contributed by atoms with Crippen LogP contribution in [0.1, 0.15) is 19.5 Å². The van der Waals surface area contributed by atoms with Crippen molar-refractivity contribution in [3.05, 3.63) is 24.0 Å². The van der Waals surface area contributed by atoms with Gasteiger partial charge in [-0.2, -0.15) is 0 Å². The summed E-state index contributed by atoms with van der Waals surface area (Å²) in [7, 11) is 1.50. The predicted molar refractivity (Wildman–Crippen MR) is 69.7 cm³/mol. The molecule has 0 bridgehead atoms. The predicted octanol–water partition coefficient (Wildman–Crippen LogP) is 1.10. The molecule has 0 spiro atoms. The van der Waals surface area contributed by atoms with E-state index >= 15 is 0 Å². The first kappa shape index (κ1) is 13.9. The molecular formula is C13H23N3O. The van der Waals surface area contributed by atoms with Gasteiger partial charge in [-0.3, -0.25) is 4.90 Å². The molecule has 0 amide bonds. The molecule has 4 nitrogen and oxygen atoms in total. The topological polar surface area (TPSA) is 51.3 Å². The number of aldehydes is 1. The third-order valence-corrected chi connectivity index (χ3v) is 2.92. The van der Waals surface area contributed by atoms with Gasteiger partial charge in [0.2, 0.25) is 0 Å². The first-order chi connectivity index (χ1) is 8.11. The number of nitrogens with zero attached hydrogens (tertiary/aromatic N) is 2. The van der Waals surface area contributed by atoms with Gasteiger partial charge in [0.1, 0.15) is 6.29 Å². The van der Waals surface area contributed by atoms with Crippen LogP contribution < -0.4 is 5.73 Å². The van der Waals surface area contributed by atoms with Crippen molar-refractivity contribution in [1.82, 2.24) is 9.47 Å². The van der Waals surface area contributed by atoms with E-state index in [1.807, 2.05) is 13.8 Å². The summed E-state index contributed by atoms with van der Waals surface area (Å²) in [6.07, 6.45) is 3.18. The van der Waals surface area contributed by atoms with Crippen LogP contribution in [0.2, 0.25) is 0 Å². The molecule has 2 rings (SSSR count). The van der Waals surface area contributed by atoms with E-state index in [4.69, 9.17) is 0 Å². The molecule has 0 unspecified atom stereocenters. The van der Waals surface area contributed by atoms with Crippen molar-refractivity contribution in [1.29, 1.82) is 0 Å². The van der Waals surface area contributed by atoms with Gasteiger partial charge in [-0.05, 0) is 19.2 Å². The molecule has 2 N–H and O–H groups in total. The molecule has 0 aliphatic carbocycles. The Labute approximate surface area is 103 Å². The minimum Gasteiger partial charge on any atom is -0.349 e. The zero-order valence-electron chi connectivity index (χ0n) is 11.0. The molecule has 0 saturated carbocycles. The number of hydrogen-bond acceptors (Lipinski definition) is 3. The lowest BCUT2D eigenvalue weighted by Crippen LogP contribution is -2.40. The molecule has 2 heterocycles. The van der Waals surface area contributed by atoms with E-state index < -0.39 is 0 Å². The first-order valence-electron chi connectivity index (χ1n) is 6.01. The summed E-state index contributed by atoms with van der Waals surface area (Å²) in [6.45, 7) is 7.88. The van der Waals surface area contributed by atoms with Crippen LogP contribution in [0, 0.1) is 5.41 Å². The Morgan fingerprint density at radius 3 is 2.76 bits per heavy atom. The van der Waals surface area contributed by atoms with Crippen LogP contribution in [0.25, 0.3) is 0 Å². The van der Waals surface area contributed by atoms with Crippen LogP contribution in [0.3, 0.4) is 0 Å². The fourth-order valence-electron chi connectivity index (χ4n) is 2.12. The SMILES string of the molecule is CC(C)(C=O)CN1CCn2cccc2C1.CN. The van der Waals surface area contributed by atoms with Gasteiger partial charge in [0.05, 0.1) is 0 Å². The summed E-state index contributed by atoms with van der Waals surface area (Å²) in [6, 6.07) is 4.24. The van der Waals surface area contributed by atoms with Crippen LogP contribution in [0.4, 0.5) is 0 Å². The van der Waals surface area contributed by atoms with Crippen molar-refractivity contribution < 1.29 is 4.79 Å². The Hall–Kier alpha value is -1.13. The van der Waals surface area contributed by atoms with Crippen LogP contribution in [0.5, 0.6) is 0 Å². The zero-order valence-corrected chi connectivity index (χ0v) is 11.0. The molecule has 4 heteroatoms. The van der Waals surface area contributed by atoms with E-state index in [0.717, 1.165) is 32.5 Å². The van der Waals surface area contributed by atoms with E-state index in [-0.39, 0.29) is 5.41 Å². The monoisotopic (exact) mass is 237 g/mol. The van der Waals surface area contributed by atoms with Crippen molar-refractivity contribution in [3.8, 4) is 0 Å². The number of rotatable bonds is 3. The highest BCUT2D eigenvalue weighted by atomic mass is 16.1. The molecule has 1 aliphatic heterocycles. The third kappa shape index (κ3) is 3.68. The second kappa shape index (κ2) is 5.98. The average molecular weight is 237 g/mol. The summed E-state index contributed by atoms with van der Waals surface area (Å²) in [5, 5.41) is 0. The molecule has 0 atom stereocenters. The van der Waals surface area contributed by atoms with Crippen LogP contribution in [0.15, 0.2) is 18.3 Å². The number of aromatic nitrogens is 1. The molecule has 1 aromatic rings. The molecule has 17 heavy (non-hydrogen) atoms. The van der Waals surface area contributed by atoms with Gasteiger partial charge < -0.3 is 15.1 Å². The lowest BCUT2D eigenvalue weighted by Gasteiger charge is -2.32. The summed E-state index contributed by atoms with van der Waals surface area (Å²) in [5.74, 6) is 0. The summed E-state index contributed by atoms with van der Waals surface area (Å²) >= 11 is 0. The van der Waals surface area contributed by atoms with Gasteiger partial charge in [-0.15, -0.1) is 0 Å². The van der Waals surface area contributed by atoms with Crippen LogP contribution in [-0.4, -0.2) is 35.9 Å². The van der Waals surface area contributed by atoms with Gasteiger partial charge in [0.25, 0.3) is 0 Å². The average Bonchev–Trinajstić information content (AvgIpc) is 2.78. The fraction of sp³-hybridized carbons (Fsp3) is 0.615. The zero-order chi connectivity index (χ0) is 12.9. The van der Waals surface area contributed by atoms with Crippen LogP contribution in [-0.2, 0) is 17.9 Å². The Morgan fingerprint density at radius 1 is 1.41 bits per heavy atom. The van der Waals surface area contributed by atoms with E-state index in [2.05, 4.69) is 33.5 Å². The summed E-state index contributed by atoms with van der Waals surface area (Å²) in [5.41, 5.74) is 5.62. The fourth-order valence-corrected chi connectivity index (χ4v) is 2.12. The lowest BCUT2D eigenvalue weighted by atomic mass is 9.95. The molecule has 0 aromatic carbocycles. The van der Waals surface area contributed by atoms with Gasteiger partial charge in [0, 0.05) is 43.5 Å². The standard InChI is InChI=1S/C12H18N2O.CH5N/c1-12(2,10-15)9-13-6-7-14-5-3-4-11(14)8-13;1-2/h3-5,10H,6-9H2,1-2H3;2H2,1H3. The molecule has 1 aromatic heterocycles. The first-order valence-corrected chi connectivity index (χ1v) is 6.01. The summed E-state index contributed by atoms with van der Waals surface area (Å²) in [4.78, 5) is 13.2. The van der Waals surface area contributed by atoms with Crippen molar-refractivity contribution in [2.45, 2.75) is 26.9 Å². The quantitative estimate of drug-likeness (QED) is 0.801. The molecular weight excluding hydrogens is 214 g/mol. The molecule has 1 aliphatic rings. The maximum Gasteiger partial charge on any atom is 0.126 e. The minimum absolute atomic E-state index is 0.227. The molecule has 0 fully saturated rings. The summed E-state index contributed by atoms with van der Waals surface area (Å²) < 4.78 is 2.28. The maximum atomic E-state index is 10.9. The number of hydrogen-bond donors (Lipinski definition) is 1. The normalized spacial score (nSPS) is 15.8. The van der Waals surface area contributed by atoms with Gasteiger partial charge in [-0.25, -0.2) is 0 Å². The molecule has 0 saturated heterocycles. The number of fused-ring (bicyclic) bond motifs is 1. The van der Waals surface area contributed by atoms with Crippen LogP contribution >= 0.6 is 0 Å². The van der Waals surface area contributed by atoms with Gasteiger partial charge in [0.15, 0.2) is 0 Å². The largest absolute Gasteiger partial charge is 0.349 e. The van der Waals surface area contributed by atoms with Crippen molar-refractivity contribution >= 4 is 6.29 Å². The Balaban J connectivity index is 0.000000686. The van der Waals surface area contributed by atoms with Crippen molar-refractivity contribution in [2.75, 3.05) is 20.1 Å².